The van der Waals surface area contributed by atoms with Crippen LogP contribution in [0.2, 0.25) is 0 Å². The second-order valence-electron chi connectivity index (χ2n) is 2.93. The van der Waals surface area contributed by atoms with Gasteiger partial charge < -0.3 is 15.5 Å². The molecule has 0 amide bonds. The van der Waals surface area contributed by atoms with Crippen LogP contribution in [-0.4, -0.2) is 36.0 Å². The Morgan fingerprint density at radius 3 is 2.90 bits per heavy atom. The van der Waals surface area contributed by atoms with Crippen molar-refractivity contribution in [3.63, 3.8) is 0 Å². The van der Waals surface area contributed by atoms with E-state index in [1.165, 1.54) is 0 Å². The molecule has 0 saturated carbocycles. The lowest BCUT2D eigenvalue weighted by Crippen LogP contribution is -2.18. The molecule has 0 bridgehead atoms. The molecular weight excluding hydrogens is 130 g/mol. The highest BCUT2D eigenvalue weighted by atomic mass is 16.3. The lowest BCUT2D eigenvalue weighted by Gasteiger charge is -2.11. The molecule has 0 aromatic rings. The highest BCUT2D eigenvalue weighted by Crippen LogP contribution is 2.13. The topological polar surface area (TPSA) is 52.5 Å². The van der Waals surface area contributed by atoms with Gasteiger partial charge in [-0.3, -0.25) is 0 Å². The summed E-state index contributed by atoms with van der Waals surface area (Å²) in [6.45, 7) is 1.95. The molecule has 1 aliphatic rings. The monoisotopic (exact) mass is 145 g/mol. The molecule has 1 aliphatic heterocycles. The Bertz CT molecular complexity index is 91.6. The largest absolute Gasteiger partial charge is 0.394 e. The Labute approximate surface area is 61.1 Å². The van der Waals surface area contributed by atoms with E-state index in [4.69, 9.17) is 10.2 Å². The molecule has 1 fully saturated rings. The van der Waals surface area contributed by atoms with E-state index < -0.39 is 6.10 Å². The quantitative estimate of drug-likeness (QED) is 0.494. The molecule has 3 N–H and O–H groups in total. The first-order valence-corrected chi connectivity index (χ1v) is 3.82. The van der Waals surface area contributed by atoms with Gasteiger partial charge in [0.05, 0.1) is 12.7 Å². The first-order chi connectivity index (χ1) is 4.83. The maximum absolute atomic E-state index is 9.04. The molecule has 2 atom stereocenters. The lowest BCUT2D eigenvalue weighted by molar-refractivity contribution is 0.0763. The van der Waals surface area contributed by atoms with Gasteiger partial charge in [-0.1, -0.05) is 0 Å². The number of hydrogen-bond acceptors (Lipinski definition) is 3. The van der Waals surface area contributed by atoms with Crippen LogP contribution in [0.25, 0.3) is 0 Å². The summed E-state index contributed by atoms with van der Waals surface area (Å²) in [4.78, 5) is 0. The summed E-state index contributed by atoms with van der Waals surface area (Å²) in [6, 6.07) is 0. The van der Waals surface area contributed by atoms with Crippen molar-refractivity contribution in [1.29, 1.82) is 0 Å². The summed E-state index contributed by atoms with van der Waals surface area (Å²) >= 11 is 0. The Hall–Kier alpha value is -0.120. The first-order valence-electron chi connectivity index (χ1n) is 3.82. The van der Waals surface area contributed by atoms with Gasteiger partial charge in [0.15, 0.2) is 0 Å². The van der Waals surface area contributed by atoms with Gasteiger partial charge in [-0.15, -0.1) is 0 Å². The average molecular weight is 145 g/mol. The summed E-state index contributed by atoms with van der Waals surface area (Å²) in [5.74, 6) is 0.571. The second kappa shape index (κ2) is 3.91. The van der Waals surface area contributed by atoms with Crippen molar-refractivity contribution < 1.29 is 10.2 Å². The molecule has 1 rings (SSSR count). The third kappa shape index (κ3) is 2.25. The third-order valence-electron chi connectivity index (χ3n) is 1.98. The van der Waals surface area contributed by atoms with Crippen LogP contribution in [0.5, 0.6) is 0 Å². The summed E-state index contributed by atoms with van der Waals surface area (Å²) in [7, 11) is 0. The summed E-state index contributed by atoms with van der Waals surface area (Å²) in [6.07, 6.45) is 1.37. The highest BCUT2D eigenvalue weighted by molar-refractivity contribution is 4.73. The van der Waals surface area contributed by atoms with Gasteiger partial charge in [0, 0.05) is 0 Å². The molecule has 0 aliphatic carbocycles. The van der Waals surface area contributed by atoms with Gasteiger partial charge in [0.2, 0.25) is 0 Å². The molecule has 0 aromatic heterocycles. The molecule has 0 radical (unpaired) electrons. The van der Waals surface area contributed by atoms with Gasteiger partial charge in [-0.05, 0) is 31.8 Å². The molecule has 3 heteroatoms. The van der Waals surface area contributed by atoms with Crippen molar-refractivity contribution in [3.05, 3.63) is 0 Å². The number of rotatable bonds is 3. The molecule has 0 spiro atoms. The third-order valence-corrected chi connectivity index (χ3v) is 1.98. The van der Waals surface area contributed by atoms with Crippen LogP contribution in [0.15, 0.2) is 0 Å². The van der Waals surface area contributed by atoms with E-state index in [1.54, 1.807) is 0 Å². The number of nitrogens with one attached hydrogen (secondary N) is 1. The van der Waals surface area contributed by atoms with Crippen LogP contribution in [0.1, 0.15) is 12.8 Å². The Balaban J connectivity index is 2.11. The number of aliphatic hydroxyl groups is 2. The minimum atomic E-state index is -0.509. The normalized spacial score (nSPS) is 28.8. The van der Waals surface area contributed by atoms with Crippen LogP contribution < -0.4 is 5.32 Å². The highest BCUT2D eigenvalue weighted by Gasteiger charge is 2.17. The van der Waals surface area contributed by atoms with Crippen molar-refractivity contribution in [2.24, 2.45) is 5.92 Å². The summed E-state index contributed by atoms with van der Waals surface area (Å²) in [5.41, 5.74) is 0. The maximum atomic E-state index is 9.04. The van der Waals surface area contributed by atoms with E-state index >= 15 is 0 Å². The average Bonchev–Trinajstić information content (AvgIpc) is 2.40. The zero-order valence-corrected chi connectivity index (χ0v) is 6.08. The van der Waals surface area contributed by atoms with Crippen LogP contribution >= 0.6 is 0 Å². The van der Waals surface area contributed by atoms with Crippen molar-refractivity contribution in [2.45, 2.75) is 18.9 Å². The van der Waals surface area contributed by atoms with E-state index in [9.17, 15) is 0 Å². The van der Waals surface area contributed by atoms with Crippen LogP contribution in [0.4, 0.5) is 0 Å². The predicted octanol–water partition coefficient (Wildman–Crippen LogP) is -0.661. The fourth-order valence-corrected chi connectivity index (χ4v) is 1.37. The van der Waals surface area contributed by atoms with Crippen molar-refractivity contribution >= 4 is 0 Å². The van der Waals surface area contributed by atoms with Crippen LogP contribution in [-0.2, 0) is 0 Å². The molecule has 0 aromatic carbocycles. The smallest absolute Gasteiger partial charge is 0.0774 e. The van der Waals surface area contributed by atoms with E-state index in [1.807, 2.05) is 0 Å². The number of hydrogen-bond donors (Lipinski definition) is 3. The summed E-state index contributed by atoms with van der Waals surface area (Å²) < 4.78 is 0. The van der Waals surface area contributed by atoms with Crippen LogP contribution in [0, 0.1) is 5.92 Å². The van der Waals surface area contributed by atoms with E-state index in [0.29, 0.717) is 5.92 Å². The molecule has 3 nitrogen and oxygen atoms in total. The van der Waals surface area contributed by atoms with E-state index in [2.05, 4.69) is 5.32 Å². The minimum absolute atomic E-state index is 0.101. The fourth-order valence-electron chi connectivity index (χ4n) is 1.37. The van der Waals surface area contributed by atoms with Gasteiger partial charge >= 0.3 is 0 Å². The SMILES string of the molecule is OCC(O)CC1CCNC1. The van der Waals surface area contributed by atoms with Crippen LogP contribution in [0.3, 0.4) is 0 Å². The first kappa shape index (κ1) is 7.98. The molecule has 60 valence electrons. The molecule has 10 heavy (non-hydrogen) atoms. The van der Waals surface area contributed by atoms with Crippen molar-refractivity contribution in [1.82, 2.24) is 5.32 Å². The fraction of sp³-hybridized carbons (Fsp3) is 1.00. The second-order valence-corrected chi connectivity index (χ2v) is 2.93. The molecule has 1 heterocycles. The minimum Gasteiger partial charge on any atom is -0.394 e. The standard InChI is InChI=1S/C7H15NO2/c9-5-7(10)3-6-1-2-8-4-6/h6-10H,1-5H2. The molecule has 1 saturated heterocycles. The lowest BCUT2D eigenvalue weighted by atomic mass is 10.0. The van der Waals surface area contributed by atoms with Gasteiger partial charge in [-0.2, -0.15) is 0 Å². The van der Waals surface area contributed by atoms with E-state index in [-0.39, 0.29) is 6.61 Å². The Morgan fingerprint density at radius 1 is 1.60 bits per heavy atom. The molecular formula is C7H15NO2. The Kier molecular flexibility index (Phi) is 3.12. The zero-order chi connectivity index (χ0) is 7.40. The summed E-state index contributed by atoms with van der Waals surface area (Å²) in [5, 5.41) is 20.8. The Morgan fingerprint density at radius 2 is 2.40 bits per heavy atom. The molecule has 2 unspecified atom stereocenters. The van der Waals surface area contributed by atoms with Crippen molar-refractivity contribution in [3.8, 4) is 0 Å². The van der Waals surface area contributed by atoms with Crippen molar-refractivity contribution in [2.75, 3.05) is 19.7 Å². The van der Waals surface area contributed by atoms with Gasteiger partial charge in [0.25, 0.3) is 0 Å². The van der Waals surface area contributed by atoms with Gasteiger partial charge in [-0.25, -0.2) is 0 Å². The number of aliphatic hydroxyl groups excluding tert-OH is 2. The van der Waals surface area contributed by atoms with Gasteiger partial charge in [0.1, 0.15) is 0 Å². The van der Waals surface area contributed by atoms with E-state index in [0.717, 1.165) is 25.9 Å². The zero-order valence-electron chi connectivity index (χ0n) is 6.08. The predicted molar refractivity (Wildman–Crippen MR) is 38.7 cm³/mol. The maximum Gasteiger partial charge on any atom is 0.0774 e.